The molecule has 27 heavy (non-hydrogen) atoms. The Hall–Kier alpha value is -1.69. The van der Waals surface area contributed by atoms with Crippen molar-refractivity contribution in [1.29, 1.82) is 0 Å². The Morgan fingerprint density at radius 1 is 1.30 bits per heavy atom. The number of aromatic hydroxyl groups is 2. The molecule has 2 rings (SSSR count). The molecule has 4 atom stereocenters. The summed E-state index contributed by atoms with van der Waals surface area (Å²) >= 11 is 1.43. The lowest BCUT2D eigenvalue weighted by Gasteiger charge is -2.23. The molecule has 0 amide bonds. The first-order valence-electron chi connectivity index (χ1n) is 8.18. The number of rotatable bonds is 7. The molecule has 0 saturated heterocycles. The second-order valence-corrected chi connectivity index (χ2v) is 6.88. The first kappa shape index (κ1) is 23.3. The van der Waals surface area contributed by atoms with Crippen molar-refractivity contribution in [1.82, 2.24) is 0 Å². The normalized spacial score (nSPS) is 19.7. The number of benzene rings is 1. The summed E-state index contributed by atoms with van der Waals surface area (Å²) in [6, 6.07) is 4.00. The number of aliphatic hydroxyl groups excluding tert-OH is 3. The van der Waals surface area contributed by atoms with Gasteiger partial charge in [0.2, 0.25) is 0 Å². The second kappa shape index (κ2) is 11.2. The number of hydrogen-bond donors (Lipinski definition) is 6. The highest BCUT2D eigenvalue weighted by molar-refractivity contribution is 8.14. The largest absolute Gasteiger partial charge is 0.508 e. The molecule has 10 heteroatoms. The molecule has 1 aromatic rings. The van der Waals surface area contributed by atoms with E-state index in [0.717, 1.165) is 6.29 Å². The molecule has 1 aromatic carbocycles. The highest BCUT2D eigenvalue weighted by Crippen LogP contribution is 2.30. The molecular formula is C17H25NO8S. The van der Waals surface area contributed by atoms with E-state index < -0.39 is 31.2 Å². The molecule has 1 aliphatic heterocycles. The van der Waals surface area contributed by atoms with Gasteiger partial charge < -0.3 is 40.2 Å². The van der Waals surface area contributed by atoms with Crippen molar-refractivity contribution in [2.45, 2.75) is 44.5 Å². The molecule has 0 spiro atoms. The Labute approximate surface area is 161 Å². The van der Waals surface area contributed by atoms with E-state index in [-0.39, 0.29) is 17.5 Å². The van der Waals surface area contributed by atoms with Crippen molar-refractivity contribution in [3.63, 3.8) is 0 Å². The van der Waals surface area contributed by atoms with Crippen molar-refractivity contribution in [2.24, 2.45) is 4.99 Å². The van der Waals surface area contributed by atoms with Gasteiger partial charge in [0.1, 0.15) is 35.0 Å². The van der Waals surface area contributed by atoms with Crippen LogP contribution < -0.4 is 0 Å². The third-order valence-electron chi connectivity index (χ3n) is 3.62. The van der Waals surface area contributed by atoms with Gasteiger partial charge in [0.15, 0.2) is 6.29 Å². The van der Waals surface area contributed by atoms with Crippen LogP contribution in [0.25, 0.3) is 0 Å². The number of phenols is 2. The van der Waals surface area contributed by atoms with E-state index in [2.05, 4.69) is 4.99 Å². The van der Waals surface area contributed by atoms with Gasteiger partial charge in [-0.25, -0.2) is 0 Å². The number of aliphatic hydroxyl groups is 4. The highest BCUT2D eigenvalue weighted by Gasteiger charge is 2.22. The van der Waals surface area contributed by atoms with Gasteiger partial charge in [0.25, 0.3) is 0 Å². The number of carbonyl (C=O) groups is 1. The molecule has 0 saturated carbocycles. The highest BCUT2D eigenvalue weighted by atomic mass is 32.2. The Balaban J connectivity index is 0.000000279. The van der Waals surface area contributed by atoms with Crippen molar-refractivity contribution >= 4 is 23.1 Å². The fraction of sp³-hybridized carbons (Fsp3) is 0.529. The second-order valence-electron chi connectivity index (χ2n) is 5.87. The molecule has 9 nitrogen and oxygen atoms in total. The summed E-state index contributed by atoms with van der Waals surface area (Å²) in [6.07, 6.45) is -3.25. The van der Waals surface area contributed by atoms with E-state index in [1.54, 1.807) is 13.0 Å². The first-order valence-corrected chi connectivity index (χ1v) is 9.16. The molecule has 1 aliphatic rings. The fourth-order valence-corrected chi connectivity index (χ4v) is 2.92. The van der Waals surface area contributed by atoms with Crippen molar-refractivity contribution in [2.75, 3.05) is 12.4 Å². The van der Waals surface area contributed by atoms with Crippen LogP contribution in [0, 0.1) is 0 Å². The summed E-state index contributed by atoms with van der Waals surface area (Å²) in [5.41, 5.74) is 0.558. The zero-order chi connectivity index (χ0) is 20.6. The monoisotopic (exact) mass is 403 g/mol. The number of thioether (sulfide) groups is 1. The van der Waals surface area contributed by atoms with Crippen LogP contribution >= 0.6 is 11.8 Å². The quantitative estimate of drug-likeness (QED) is 0.263. The lowest BCUT2D eigenvalue weighted by molar-refractivity contribution is -0.186. The number of phenolic OH excluding ortho intramolecular Hbond substituents is 2. The van der Waals surface area contributed by atoms with Crippen LogP contribution in [-0.2, 0) is 9.53 Å². The summed E-state index contributed by atoms with van der Waals surface area (Å²) in [5, 5.41) is 54.2. The molecule has 0 radical (unpaired) electrons. The van der Waals surface area contributed by atoms with Gasteiger partial charge in [-0.15, -0.1) is 11.8 Å². The lowest BCUT2D eigenvalue weighted by Crippen LogP contribution is -2.38. The standard InChI is InChI=1S/C10H9NO3S.C7H16O5/c12-4-6-5-15-10(11-6)8-2-1-7(13)3-9(8)14;1-4(9)5(2)12-6(3-8)7(10)11/h1-4,6,13-14H,5H2;4-11H,3H2,1-2H3/t;4-,5-,6?/m.0/s1. The van der Waals surface area contributed by atoms with E-state index in [1.165, 1.54) is 30.8 Å². The summed E-state index contributed by atoms with van der Waals surface area (Å²) in [6.45, 7) is 2.60. The van der Waals surface area contributed by atoms with Crippen LogP contribution in [0.5, 0.6) is 11.5 Å². The van der Waals surface area contributed by atoms with Gasteiger partial charge in [0.05, 0.1) is 18.8 Å². The van der Waals surface area contributed by atoms with Crippen LogP contribution in [0.2, 0.25) is 0 Å². The average Bonchev–Trinajstić information content (AvgIpc) is 3.08. The van der Waals surface area contributed by atoms with Crippen LogP contribution in [0.4, 0.5) is 0 Å². The molecule has 0 aromatic heterocycles. The van der Waals surface area contributed by atoms with Crippen LogP contribution in [0.3, 0.4) is 0 Å². The lowest BCUT2D eigenvalue weighted by atomic mass is 10.2. The molecule has 152 valence electrons. The van der Waals surface area contributed by atoms with Gasteiger partial charge in [0, 0.05) is 17.4 Å². The maximum absolute atomic E-state index is 10.5. The van der Waals surface area contributed by atoms with E-state index in [9.17, 15) is 9.90 Å². The number of carbonyl (C=O) groups excluding carboxylic acids is 1. The first-order chi connectivity index (χ1) is 12.7. The predicted molar refractivity (Wildman–Crippen MR) is 99.9 cm³/mol. The van der Waals surface area contributed by atoms with Crippen molar-refractivity contribution in [3.8, 4) is 11.5 Å². The minimum Gasteiger partial charge on any atom is -0.508 e. The van der Waals surface area contributed by atoms with Gasteiger partial charge >= 0.3 is 0 Å². The van der Waals surface area contributed by atoms with Crippen LogP contribution in [0.1, 0.15) is 19.4 Å². The SMILES string of the molecule is C[C@H](O)[C@H](C)OC(CO)C(O)O.O=CC1CSC(c2ccc(O)cc2O)=N1. The van der Waals surface area contributed by atoms with E-state index >= 15 is 0 Å². The maximum atomic E-state index is 10.5. The van der Waals surface area contributed by atoms with Gasteiger partial charge in [-0.1, -0.05) is 0 Å². The summed E-state index contributed by atoms with van der Waals surface area (Å²) in [5.74, 6) is 0.596. The topological polar surface area (TPSA) is 160 Å². The molecule has 2 unspecified atom stereocenters. The zero-order valence-electron chi connectivity index (χ0n) is 15.0. The summed E-state index contributed by atoms with van der Waals surface area (Å²) in [7, 11) is 0. The molecule has 0 bridgehead atoms. The third-order valence-corrected chi connectivity index (χ3v) is 4.73. The predicted octanol–water partition coefficient (Wildman–Crippen LogP) is -0.397. The molecule has 0 fully saturated rings. The Bertz CT molecular complexity index is 637. The number of aldehydes is 1. The van der Waals surface area contributed by atoms with Crippen LogP contribution in [0.15, 0.2) is 23.2 Å². The van der Waals surface area contributed by atoms with E-state index in [1.807, 2.05) is 0 Å². The molecule has 0 aliphatic carbocycles. The van der Waals surface area contributed by atoms with Crippen molar-refractivity contribution < 1.29 is 40.2 Å². The zero-order valence-corrected chi connectivity index (χ0v) is 15.8. The van der Waals surface area contributed by atoms with Gasteiger partial charge in [-0.3, -0.25) is 4.99 Å². The fourth-order valence-electron chi connectivity index (χ4n) is 1.90. The number of hydrogen-bond acceptors (Lipinski definition) is 10. The van der Waals surface area contributed by atoms with Crippen LogP contribution in [-0.4, -0.2) is 85.0 Å². The van der Waals surface area contributed by atoms with Crippen molar-refractivity contribution in [3.05, 3.63) is 23.8 Å². The molecule has 6 N–H and O–H groups in total. The molecule has 1 heterocycles. The number of aliphatic imine (C=N–C) groups is 1. The third kappa shape index (κ3) is 7.45. The summed E-state index contributed by atoms with van der Waals surface area (Å²) in [4.78, 5) is 14.6. The van der Waals surface area contributed by atoms with Gasteiger partial charge in [-0.2, -0.15) is 0 Å². The maximum Gasteiger partial charge on any atom is 0.180 e. The number of nitrogens with zero attached hydrogens (tertiary/aromatic N) is 1. The average molecular weight is 403 g/mol. The Morgan fingerprint density at radius 2 is 1.96 bits per heavy atom. The van der Waals surface area contributed by atoms with E-state index in [0.29, 0.717) is 16.4 Å². The van der Waals surface area contributed by atoms with E-state index in [4.69, 9.17) is 30.3 Å². The number of ether oxygens (including phenoxy) is 1. The Morgan fingerprint density at radius 3 is 2.41 bits per heavy atom. The Kier molecular flexibility index (Phi) is 9.70. The minimum absolute atomic E-state index is 0.00628. The summed E-state index contributed by atoms with van der Waals surface area (Å²) < 4.78 is 4.92. The van der Waals surface area contributed by atoms with Gasteiger partial charge in [-0.05, 0) is 26.0 Å². The minimum atomic E-state index is -1.73. The smallest absolute Gasteiger partial charge is 0.180 e. The molecular weight excluding hydrogens is 378 g/mol.